The summed E-state index contributed by atoms with van der Waals surface area (Å²) in [5.74, 6) is -0.126. The molecule has 0 saturated carbocycles. The number of aryl methyl sites for hydroxylation is 1. The second-order valence-electron chi connectivity index (χ2n) is 9.71. The number of hydrogen-bond acceptors (Lipinski definition) is 6. The third-order valence-corrected chi connectivity index (χ3v) is 7.97. The van der Waals surface area contributed by atoms with Gasteiger partial charge in [-0.2, -0.15) is 0 Å². The molecule has 0 atom stereocenters. The summed E-state index contributed by atoms with van der Waals surface area (Å²) in [5, 5.41) is 6.72. The Morgan fingerprint density at radius 2 is 1.74 bits per heavy atom. The lowest BCUT2D eigenvalue weighted by Crippen LogP contribution is -2.36. The fourth-order valence-electron chi connectivity index (χ4n) is 3.08. The normalized spacial score (nSPS) is 11.7. The molecule has 0 saturated heterocycles. The van der Waals surface area contributed by atoms with Crippen molar-refractivity contribution in [1.29, 1.82) is 0 Å². The quantitative estimate of drug-likeness (QED) is 0.341. The molecule has 2 N–H and O–H groups in total. The summed E-state index contributed by atoms with van der Waals surface area (Å²) in [6.45, 7) is 10.2. The lowest BCUT2D eigenvalue weighted by molar-refractivity contribution is 0.0635. The molecule has 0 aliphatic heterocycles. The summed E-state index contributed by atoms with van der Waals surface area (Å²) in [5.41, 5.74) is 2.52. The number of nitrogens with one attached hydrogen (secondary N) is 2. The first-order valence-electron chi connectivity index (χ1n) is 11.2. The van der Waals surface area contributed by atoms with Crippen LogP contribution in [0, 0.1) is 0 Å². The van der Waals surface area contributed by atoms with Crippen LogP contribution in [0.15, 0.2) is 66.0 Å². The second kappa shape index (κ2) is 11.2. The van der Waals surface area contributed by atoms with Gasteiger partial charge in [-0.1, -0.05) is 29.0 Å². The third-order valence-electron chi connectivity index (χ3n) is 4.77. The first-order chi connectivity index (χ1) is 16.4. The van der Waals surface area contributed by atoms with Crippen LogP contribution in [0.3, 0.4) is 0 Å². The molecule has 0 aliphatic rings. The van der Waals surface area contributed by atoms with Crippen molar-refractivity contribution in [1.82, 2.24) is 14.9 Å². The Labute approximate surface area is 214 Å². The molecule has 0 fully saturated rings. The van der Waals surface area contributed by atoms with Gasteiger partial charge in [-0.05, 0) is 81.3 Å². The number of nitrogens with zero attached hydrogens (tertiary/aromatic N) is 2. The van der Waals surface area contributed by atoms with Crippen LogP contribution in [0.25, 0.3) is 11.1 Å². The van der Waals surface area contributed by atoms with Gasteiger partial charge in [0.1, 0.15) is 16.3 Å². The second-order valence-corrected chi connectivity index (χ2v) is 12.6. The van der Waals surface area contributed by atoms with Crippen molar-refractivity contribution >= 4 is 39.3 Å². The molecule has 0 aliphatic carbocycles. The molecule has 0 radical (unpaired) electrons. The number of aromatic nitrogens is 2. The van der Waals surface area contributed by atoms with Crippen LogP contribution in [0.1, 0.15) is 45.1 Å². The SMILES string of the molecule is Cn1cc(-c2ccc(NC(=O)OC(C)(C)C)cc2)cc1C(=O)NCC(C)(C)SSc1ccccn1. The van der Waals surface area contributed by atoms with E-state index in [-0.39, 0.29) is 10.7 Å². The van der Waals surface area contributed by atoms with Gasteiger partial charge in [0.05, 0.1) is 0 Å². The topological polar surface area (TPSA) is 85.2 Å². The van der Waals surface area contributed by atoms with Crippen LogP contribution in [-0.4, -0.2) is 38.4 Å². The number of rotatable bonds is 8. The van der Waals surface area contributed by atoms with Crippen molar-refractivity contribution in [2.24, 2.45) is 7.05 Å². The van der Waals surface area contributed by atoms with Crippen molar-refractivity contribution < 1.29 is 14.3 Å². The van der Waals surface area contributed by atoms with E-state index in [1.807, 2.05) is 87.1 Å². The van der Waals surface area contributed by atoms with Crippen molar-refractivity contribution in [2.45, 2.75) is 50.0 Å². The van der Waals surface area contributed by atoms with Crippen LogP contribution >= 0.6 is 21.6 Å². The van der Waals surface area contributed by atoms with Crippen LogP contribution in [-0.2, 0) is 11.8 Å². The van der Waals surface area contributed by atoms with Crippen LogP contribution < -0.4 is 10.6 Å². The summed E-state index contributed by atoms with van der Waals surface area (Å²) in [7, 11) is 5.13. The maximum atomic E-state index is 12.9. The number of ether oxygens (including phenoxy) is 1. The summed E-state index contributed by atoms with van der Waals surface area (Å²) in [6, 6.07) is 15.1. The van der Waals surface area contributed by atoms with Crippen LogP contribution in [0.5, 0.6) is 0 Å². The van der Waals surface area contributed by atoms with Gasteiger partial charge in [0.15, 0.2) is 0 Å². The van der Waals surface area contributed by atoms with Gasteiger partial charge in [-0.15, -0.1) is 0 Å². The predicted molar refractivity (Wildman–Crippen MR) is 145 cm³/mol. The van der Waals surface area contributed by atoms with Crippen LogP contribution in [0.2, 0.25) is 0 Å². The summed E-state index contributed by atoms with van der Waals surface area (Å²) in [6.07, 6.45) is 3.20. The van der Waals surface area contributed by atoms with Crippen molar-refractivity contribution in [3.05, 3.63) is 66.6 Å². The summed E-state index contributed by atoms with van der Waals surface area (Å²) in [4.78, 5) is 29.2. The average Bonchev–Trinajstić information content (AvgIpc) is 3.18. The van der Waals surface area contributed by atoms with Crippen molar-refractivity contribution in [2.75, 3.05) is 11.9 Å². The fourth-order valence-corrected chi connectivity index (χ4v) is 5.17. The average molecular weight is 513 g/mol. The zero-order chi connectivity index (χ0) is 25.6. The van der Waals surface area contributed by atoms with E-state index in [1.165, 1.54) is 0 Å². The zero-order valence-corrected chi connectivity index (χ0v) is 22.5. The number of benzene rings is 1. The molecule has 9 heteroatoms. The molecule has 35 heavy (non-hydrogen) atoms. The molecule has 0 unspecified atom stereocenters. The molecule has 2 aromatic heterocycles. The van der Waals surface area contributed by atoms with Gasteiger partial charge in [0.25, 0.3) is 5.91 Å². The Balaban J connectivity index is 1.58. The smallest absolute Gasteiger partial charge is 0.412 e. The van der Waals surface area contributed by atoms with E-state index < -0.39 is 11.7 Å². The lowest BCUT2D eigenvalue weighted by Gasteiger charge is -2.23. The highest BCUT2D eigenvalue weighted by atomic mass is 33.1. The Kier molecular flexibility index (Phi) is 8.56. The zero-order valence-electron chi connectivity index (χ0n) is 20.9. The molecule has 0 bridgehead atoms. The summed E-state index contributed by atoms with van der Waals surface area (Å²) < 4.78 is 6.92. The first-order valence-corrected chi connectivity index (χ1v) is 13.4. The highest BCUT2D eigenvalue weighted by Gasteiger charge is 2.22. The fraction of sp³-hybridized carbons (Fsp3) is 0.346. The van der Waals surface area contributed by atoms with Gasteiger partial charge < -0.3 is 14.6 Å². The predicted octanol–water partition coefficient (Wildman–Crippen LogP) is 6.38. The monoisotopic (exact) mass is 512 g/mol. The van der Waals surface area contributed by atoms with Gasteiger partial charge >= 0.3 is 6.09 Å². The minimum absolute atomic E-state index is 0.126. The third kappa shape index (κ3) is 8.36. The molecule has 2 heterocycles. The number of carbonyl (C=O) groups is 2. The standard InChI is InChI=1S/C26H32N4O3S2/c1-25(2,3)33-24(32)29-20-12-10-18(11-13-20)19-15-21(30(6)16-19)23(31)28-17-26(4,5)35-34-22-9-7-8-14-27-22/h7-16H,17H2,1-6H3,(H,28,31)(H,29,32). The molecular weight excluding hydrogens is 480 g/mol. The minimum atomic E-state index is -0.559. The molecule has 7 nitrogen and oxygen atoms in total. The van der Waals surface area contributed by atoms with E-state index in [0.29, 0.717) is 17.9 Å². The van der Waals surface area contributed by atoms with E-state index in [4.69, 9.17) is 4.74 Å². The number of amides is 2. The number of anilines is 1. The molecule has 186 valence electrons. The summed E-state index contributed by atoms with van der Waals surface area (Å²) >= 11 is 0. The minimum Gasteiger partial charge on any atom is -0.444 e. The number of hydrogen-bond donors (Lipinski definition) is 2. The Bertz CT molecular complexity index is 1150. The maximum absolute atomic E-state index is 12.9. The van der Waals surface area contributed by atoms with Gasteiger partial charge in [-0.3, -0.25) is 10.1 Å². The Hall–Kier alpha value is -2.91. The van der Waals surface area contributed by atoms with Crippen LogP contribution in [0.4, 0.5) is 10.5 Å². The molecule has 3 aromatic rings. The Morgan fingerprint density at radius 3 is 2.37 bits per heavy atom. The highest BCUT2D eigenvalue weighted by molar-refractivity contribution is 8.77. The Morgan fingerprint density at radius 1 is 1.03 bits per heavy atom. The maximum Gasteiger partial charge on any atom is 0.412 e. The van der Waals surface area contributed by atoms with E-state index in [2.05, 4.69) is 29.5 Å². The molecular formula is C26H32N4O3S2. The lowest BCUT2D eigenvalue weighted by atomic mass is 10.1. The molecule has 1 aromatic carbocycles. The highest BCUT2D eigenvalue weighted by Crippen LogP contribution is 2.39. The van der Waals surface area contributed by atoms with E-state index in [9.17, 15) is 9.59 Å². The van der Waals surface area contributed by atoms with Crippen molar-refractivity contribution in [3.8, 4) is 11.1 Å². The largest absolute Gasteiger partial charge is 0.444 e. The van der Waals surface area contributed by atoms with E-state index in [1.54, 1.807) is 27.8 Å². The van der Waals surface area contributed by atoms with E-state index >= 15 is 0 Å². The number of pyridine rings is 1. The van der Waals surface area contributed by atoms with Gasteiger partial charge in [0, 0.05) is 42.0 Å². The molecule has 0 spiro atoms. The van der Waals surface area contributed by atoms with E-state index in [0.717, 1.165) is 16.2 Å². The van der Waals surface area contributed by atoms with Crippen molar-refractivity contribution in [3.63, 3.8) is 0 Å². The number of carbonyl (C=O) groups excluding carboxylic acids is 2. The first kappa shape index (κ1) is 26.7. The molecule has 3 rings (SSSR count). The van der Waals surface area contributed by atoms with Gasteiger partial charge in [-0.25, -0.2) is 9.78 Å². The molecule has 2 amide bonds. The van der Waals surface area contributed by atoms with Gasteiger partial charge in [0.2, 0.25) is 0 Å².